The topological polar surface area (TPSA) is 176 Å². The van der Waals surface area contributed by atoms with E-state index < -0.39 is 55.4 Å². The van der Waals surface area contributed by atoms with Crippen LogP contribution in [0.5, 0.6) is 0 Å². The molecule has 12 nitrogen and oxygen atoms in total. The molecule has 33 heavy (non-hydrogen) atoms. The fourth-order valence-electron chi connectivity index (χ4n) is 4.41. The van der Waals surface area contributed by atoms with E-state index in [1.807, 2.05) is 0 Å². The van der Waals surface area contributed by atoms with E-state index in [9.17, 15) is 30.0 Å². The molecule has 0 aromatic carbocycles. The van der Waals surface area contributed by atoms with Crippen LogP contribution in [0.4, 0.5) is 0 Å². The van der Waals surface area contributed by atoms with E-state index in [0.717, 1.165) is 0 Å². The molecule has 0 aromatic heterocycles. The van der Waals surface area contributed by atoms with Crippen molar-refractivity contribution < 1.29 is 49.0 Å². The number of amides is 2. The third kappa shape index (κ3) is 7.55. The Morgan fingerprint density at radius 1 is 1.06 bits per heavy atom. The number of ether oxygens (including phenoxy) is 4. The third-order valence-electron chi connectivity index (χ3n) is 6.10. The lowest BCUT2D eigenvalue weighted by atomic mass is 9.97. The summed E-state index contributed by atoms with van der Waals surface area (Å²) in [7, 11) is 3.06. The van der Waals surface area contributed by atoms with Gasteiger partial charge in [0.05, 0.1) is 25.4 Å². The van der Waals surface area contributed by atoms with Crippen molar-refractivity contribution in [3.63, 3.8) is 0 Å². The van der Waals surface area contributed by atoms with Crippen LogP contribution in [0, 0.1) is 5.92 Å². The van der Waals surface area contributed by atoms with Gasteiger partial charge < -0.3 is 50.0 Å². The predicted molar refractivity (Wildman–Crippen MR) is 114 cm³/mol. The number of carbonyl (C=O) groups excluding carboxylic acids is 2. The van der Waals surface area contributed by atoms with Gasteiger partial charge in [0.1, 0.15) is 30.5 Å². The van der Waals surface area contributed by atoms with Crippen molar-refractivity contribution >= 4 is 11.8 Å². The molecule has 2 amide bonds. The van der Waals surface area contributed by atoms with Crippen molar-refractivity contribution in [2.24, 2.45) is 5.92 Å². The molecular weight excluding hydrogens is 440 g/mol. The van der Waals surface area contributed by atoms with Gasteiger partial charge in [-0.1, -0.05) is 0 Å². The molecule has 192 valence electrons. The van der Waals surface area contributed by atoms with E-state index in [2.05, 4.69) is 10.6 Å². The minimum Gasteiger partial charge on any atom is -0.394 e. The number of methoxy groups -OCH3 is 2. The molecule has 2 rings (SSSR count). The van der Waals surface area contributed by atoms with Gasteiger partial charge in [0.2, 0.25) is 11.8 Å². The molecule has 1 aliphatic carbocycles. The van der Waals surface area contributed by atoms with E-state index in [1.54, 1.807) is 7.11 Å². The molecule has 1 saturated carbocycles. The van der Waals surface area contributed by atoms with E-state index in [1.165, 1.54) is 14.0 Å². The molecule has 6 N–H and O–H groups in total. The normalized spacial score (nSPS) is 36.5. The number of nitrogens with one attached hydrogen (secondary N) is 2. The Morgan fingerprint density at radius 2 is 1.79 bits per heavy atom. The van der Waals surface area contributed by atoms with Gasteiger partial charge in [-0.2, -0.15) is 0 Å². The van der Waals surface area contributed by atoms with Gasteiger partial charge >= 0.3 is 0 Å². The molecule has 0 aromatic rings. The highest BCUT2D eigenvalue weighted by Crippen LogP contribution is 2.29. The highest BCUT2D eigenvalue weighted by molar-refractivity contribution is 5.76. The average Bonchev–Trinajstić information content (AvgIpc) is 3.06. The Kier molecular flexibility index (Phi) is 11.4. The van der Waals surface area contributed by atoms with Crippen LogP contribution in [-0.2, 0) is 28.5 Å². The largest absolute Gasteiger partial charge is 0.394 e. The SMILES string of the molecule is COC[C@H]1C[C@H](NC(=O)CCCCO[C@@H]2O[C@H](CO)[C@H](O)[C@H](O)[C@H]2NC(C)=O)[C@@H](OC)C1O. The maximum Gasteiger partial charge on any atom is 0.220 e. The number of rotatable bonds is 12. The van der Waals surface area contributed by atoms with E-state index in [-0.39, 0.29) is 30.9 Å². The summed E-state index contributed by atoms with van der Waals surface area (Å²) in [5.41, 5.74) is 0. The molecule has 2 fully saturated rings. The fourth-order valence-corrected chi connectivity index (χ4v) is 4.41. The number of hydrogen-bond donors (Lipinski definition) is 6. The number of carbonyl (C=O) groups is 2. The fraction of sp³-hybridized carbons (Fsp3) is 0.905. The van der Waals surface area contributed by atoms with Crippen molar-refractivity contribution in [2.45, 2.75) is 81.5 Å². The van der Waals surface area contributed by atoms with Crippen molar-refractivity contribution in [3.8, 4) is 0 Å². The van der Waals surface area contributed by atoms with Crippen LogP contribution in [-0.4, -0.2) is 115 Å². The van der Waals surface area contributed by atoms with Crippen LogP contribution in [0.2, 0.25) is 0 Å². The van der Waals surface area contributed by atoms with Gasteiger partial charge in [0.15, 0.2) is 6.29 Å². The standard InChI is InChI=1S/C21H38N2O10/c1-11(25)22-16-19(29)18(28)14(9-24)33-21(16)32-7-5-4-6-15(26)23-13-8-12(10-30-2)17(27)20(13)31-3/h12-14,16-21,24,27-29H,4-10H2,1-3H3,(H,22,25)(H,23,26)/t12-,13+,14-,16-,17?,18+,19-,20-,21-/m1/s1. The Labute approximate surface area is 193 Å². The molecular formula is C21H38N2O10. The zero-order valence-electron chi connectivity index (χ0n) is 19.4. The molecule has 12 heteroatoms. The first kappa shape index (κ1) is 27.9. The summed E-state index contributed by atoms with van der Waals surface area (Å²) in [6, 6.07) is -1.30. The zero-order valence-corrected chi connectivity index (χ0v) is 19.4. The van der Waals surface area contributed by atoms with E-state index >= 15 is 0 Å². The van der Waals surface area contributed by atoms with Gasteiger partial charge in [-0.3, -0.25) is 9.59 Å². The molecule has 2 aliphatic rings. The molecule has 1 aliphatic heterocycles. The molecule has 1 saturated heterocycles. The lowest BCUT2D eigenvalue weighted by Gasteiger charge is -2.42. The van der Waals surface area contributed by atoms with Gasteiger partial charge in [0.25, 0.3) is 0 Å². The lowest BCUT2D eigenvalue weighted by molar-refractivity contribution is -0.270. The van der Waals surface area contributed by atoms with Crippen LogP contribution >= 0.6 is 0 Å². The maximum atomic E-state index is 12.3. The summed E-state index contributed by atoms with van der Waals surface area (Å²) in [6.45, 7) is 1.31. The Morgan fingerprint density at radius 3 is 2.39 bits per heavy atom. The number of unbranched alkanes of at least 4 members (excludes halogenated alkanes) is 1. The Hall–Kier alpha value is -1.38. The van der Waals surface area contributed by atoms with Crippen molar-refractivity contribution in [1.82, 2.24) is 10.6 Å². The summed E-state index contributed by atoms with van der Waals surface area (Å²) in [4.78, 5) is 23.8. The summed E-state index contributed by atoms with van der Waals surface area (Å²) >= 11 is 0. The summed E-state index contributed by atoms with van der Waals surface area (Å²) in [5, 5.41) is 45.3. The lowest BCUT2D eigenvalue weighted by Crippen LogP contribution is -2.64. The first-order valence-electron chi connectivity index (χ1n) is 11.2. The minimum atomic E-state index is -1.37. The first-order chi connectivity index (χ1) is 15.7. The van der Waals surface area contributed by atoms with Crippen molar-refractivity contribution in [3.05, 3.63) is 0 Å². The highest BCUT2D eigenvalue weighted by Gasteiger charge is 2.45. The second-order valence-corrected chi connectivity index (χ2v) is 8.58. The van der Waals surface area contributed by atoms with Gasteiger partial charge in [-0.25, -0.2) is 0 Å². The van der Waals surface area contributed by atoms with Crippen LogP contribution in [0.25, 0.3) is 0 Å². The van der Waals surface area contributed by atoms with Gasteiger partial charge in [-0.05, 0) is 19.3 Å². The second kappa shape index (κ2) is 13.5. The second-order valence-electron chi connectivity index (χ2n) is 8.58. The van der Waals surface area contributed by atoms with Crippen LogP contribution < -0.4 is 10.6 Å². The van der Waals surface area contributed by atoms with E-state index in [4.69, 9.17) is 18.9 Å². The molecule has 0 bridgehead atoms. The number of hydrogen-bond acceptors (Lipinski definition) is 10. The van der Waals surface area contributed by atoms with Gasteiger partial charge in [0, 0.05) is 40.1 Å². The number of aliphatic hydroxyl groups excluding tert-OH is 4. The molecule has 9 atom stereocenters. The number of aliphatic hydroxyl groups is 4. The predicted octanol–water partition coefficient (Wildman–Crippen LogP) is -2.36. The smallest absolute Gasteiger partial charge is 0.220 e. The Balaban J connectivity index is 1.76. The van der Waals surface area contributed by atoms with E-state index in [0.29, 0.717) is 25.9 Å². The molecule has 0 radical (unpaired) electrons. The monoisotopic (exact) mass is 478 g/mol. The summed E-state index contributed by atoms with van der Waals surface area (Å²) in [5.74, 6) is -0.708. The maximum absolute atomic E-state index is 12.3. The molecule has 0 spiro atoms. The van der Waals surface area contributed by atoms with Gasteiger partial charge in [-0.15, -0.1) is 0 Å². The van der Waals surface area contributed by atoms with Crippen molar-refractivity contribution in [1.29, 1.82) is 0 Å². The molecule has 1 unspecified atom stereocenters. The van der Waals surface area contributed by atoms with Crippen LogP contribution in [0.3, 0.4) is 0 Å². The minimum absolute atomic E-state index is 0.109. The zero-order chi connectivity index (χ0) is 24.5. The van der Waals surface area contributed by atoms with Crippen LogP contribution in [0.1, 0.15) is 32.6 Å². The quantitative estimate of drug-likeness (QED) is 0.166. The summed E-state index contributed by atoms with van der Waals surface area (Å²) < 4.78 is 21.6. The van der Waals surface area contributed by atoms with Crippen LogP contribution in [0.15, 0.2) is 0 Å². The van der Waals surface area contributed by atoms with Crippen molar-refractivity contribution in [2.75, 3.05) is 34.0 Å². The third-order valence-corrected chi connectivity index (χ3v) is 6.10. The summed E-state index contributed by atoms with van der Waals surface area (Å²) in [6.07, 6.45) is -4.24. The average molecular weight is 479 g/mol. The Bertz CT molecular complexity index is 624. The first-order valence-corrected chi connectivity index (χ1v) is 11.2. The highest BCUT2D eigenvalue weighted by atomic mass is 16.7. The molecule has 1 heterocycles.